The molecule has 2 bridgehead atoms. The molecule has 0 amide bonds. The summed E-state index contributed by atoms with van der Waals surface area (Å²) >= 11 is 0. The highest BCUT2D eigenvalue weighted by molar-refractivity contribution is 5.80. The Morgan fingerprint density at radius 2 is 1.88 bits per heavy atom. The van der Waals surface area contributed by atoms with E-state index in [0.29, 0.717) is 11.1 Å². The fourth-order valence-corrected chi connectivity index (χ4v) is 4.61. The summed E-state index contributed by atoms with van der Waals surface area (Å²) in [5, 5.41) is 13.9. The van der Waals surface area contributed by atoms with Crippen LogP contribution in [0.2, 0.25) is 0 Å². The minimum absolute atomic E-state index is 0.124. The van der Waals surface area contributed by atoms with E-state index in [2.05, 4.69) is 20.7 Å². The quantitative estimate of drug-likeness (QED) is 0.882. The maximum absolute atomic E-state index is 13.4. The highest BCUT2D eigenvalue weighted by Crippen LogP contribution is 2.51. The molecule has 2 aromatic rings. The molecule has 130 valence electrons. The van der Waals surface area contributed by atoms with E-state index in [1.54, 1.807) is 7.11 Å². The van der Waals surface area contributed by atoms with Crippen LogP contribution >= 0.6 is 0 Å². The summed E-state index contributed by atoms with van der Waals surface area (Å²) in [7, 11) is 1.60. The van der Waals surface area contributed by atoms with Crippen molar-refractivity contribution in [1.82, 2.24) is 20.7 Å². The van der Waals surface area contributed by atoms with Gasteiger partial charge in [0.1, 0.15) is 16.6 Å². The van der Waals surface area contributed by atoms with Crippen molar-refractivity contribution >= 4 is 11.0 Å². The Kier molecular flexibility index (Phi) is 3.58. The van der Waals surface area contributed by atoms with Crippen LogP contribution in [0.25, 0.3) is 11.0 Å². The molecule has 8 heteroatoms. The van der Waals surface area contributed by atoms with E-state index < -0.39 is 17.3 Å². The van der Waals surface area contributed by atoms with Gasteiger partial charge in [-0.1, -0.05) is 6.42 Å². The van der Waals surface area contributed by atoms with Crippen molar-refractivity contribution in [2.24, 2.45) is 11.8 Å². The Morgan fingerprint density at radius 3 is 2.50 bits per heavy atom. The van der Waals surface area contributed by atoms with Crippen LogP contribution in [-0.2, 0) is 16.5 Å². The summed E-state index contributed by atoms with van der Waals surface area (Å²) in [6.07, 6.45) is -1.51. The number of ether oxygens (including phenoxy) is 1. The first-order valence-electron chi connectivity index (χ1n) is 8.15. The Balaban J connectivity index is 1.98. The molecule has 2 fully saturated rings. The molecule has 5 nitrogen and oxygen atoms in total. The summed E-state index contributed by atoms with van der Waals surface area (Å²) in [6, 6.07) is 2.26. The van der Waals surface area contributed by atoms with Crippen molar-refractivity contribution < 1.29 is 17.9 Å². The first-order chi connectivity index (χ1) is 11.5. The van der Waals surface area contributed by atoms with Crippen molar-refractivity contribution in [3.63, 3.8) is 0 Å². The number of nitrogens with one attached hydrogen (secondary N) is 2. The fraction of sp³-hybridized carbons (Fsp3) is 0.625. The second kappa shape index (κ2) is 5.42. The number of piperidine rings is 1. The first-order valence-corrected chi connectivity index (χ1v) is 8.15. The molecule has 2 aliphatic rings. The van der Waals surface area contributed by atoms with Gasteiger partial charge in [-0.25, -0.2) is 0 Å². The zero-order valence-corrected chi connectivity index (χ0v) is 13.3. The normalized spacial score (nSPS) is 30.7. The Hall–Kier alpha value is -1.67. The number of alkyl halides is 3. The van der Waals surface area contributed by atoms with Gasteiger partial charge in [-0.3, -0.25) is 0 Å². The van der Waals surface area contributed by atoms with Gasteiger partial charge >= 0.3 is 6.18 Å². The third-order valence-electron chi connectivity index (χ3n) is 5.61. The average molecular weight is 340 g/mol. The molecule has 2 unspecified atom stereocenters. The van der Waals surface area contributed by atoms with E-state index in [0.717, 1.165) is 38.4 Å². The van der Waals surface area contributed by atoms with E-state index in [4.69, 9.17) is 4.74 Å². The second-order valence-electron chi connectivity index (χ2n) is 6.69. The molecular formula is C16H19F3N4O. The molecule has 1 saturated carbocycles. The Morgan fingerprint density at radius 1 is 1.17 bits per heavy atom. The van der Waals surface area contributed by atoms with Gasteiger partial charge in [0, 0.05) is 37.6 Å². The van der Waals surface area contributed by atoms with Crippen molar-refractivity contribution in [2.45, 2.75) is 31.0 Å². The highest BCUT2D eigenvalue weighted by atomic mass is 19.4. The number of hydrogen-bond donors (Lipinski definition) is 2. The molecule has 1 aromatic heterocycles. The third kappa shape index (κ3) is 2.16. The van der Waals surface area contributed by atoms with Crippen LogP contribution in [0.5, 0.6) is 0 Å². The second-order valence-corrected chi connectivity index (χ2v) is 6.69. The number of methoxy groups -OCH3 is 1. The number of hydrogen-bond acceptors (Lipinski definition) is 4. The average Bonchev–Trinajstić information content (AvgIpc) is 3.00. The standard InChI is InChI=1S/C16H19F3N4O/c1-24-15(9-3-2-4-10(15)8-20-7-9)12-5-11(16(17,18)19)6-13-14(12)22-23-21-13/h5-6,9-10,20H,2-4,7-8H2,1H3,(H,21,22,23). The van der Waals surface area contributed by atoms with E-state index in [-0.39, 0.29) is 17.4 Å². The van der Waals surface area contributed by atoms with Crippen LogP contribution in [0.3, 0.4) is 0 Å². The topological polar surface area (TPSA) is 62.8 Å². The molecule has 1 aliphatic heterocycles. The monoisotopic (exact) mass is 340 g/mol. The molecule has 24 heavy (non-hydrogen) atoms. The molecule has 2 heterocycles. The summed E-state index contributed by atoms with van der Waals surface area (Å²) in [5.74, 6) is 0.247. The number of aromatic amines is 1. The van der Waals surface area contributed by atoms with E-state index in [1.807, 2.05) is 0 Å². The van der Waals surface area contributed by atoms with Gasteiger partial charge in [0.25, 0.3) is 0 Å². The van der Waals surface area contributed by atoms with Crippen LogP contribution in [0, 0.1) is 11.8 Å². The van der Waals surface area contributed by atoms with Crippen LogP contribution < -0.4 is 5.32 Å². The third-order valence-corrected chi connectivity index (χ3v) is 5.61. The maximum Gasteiger partial charge on any atom is 0.416 e. The number of halogens is 3. The van der Waals surface area contributed by atoms with Gasteiger partial charge in [-0.15, -0.1) is 0 Å². The number of fused-ring (bicyclic) bond motifs is 3. The Labute approximate surface area is 136 Å². The predicted octanol–water partition coefficient (Wildman–Crippen LogP) is 2.84. The molecule has 2 N–H and O–H groups in total. The smallest absolute Gasteiger partial charge is 0.373 e. The van der Waals surface area contributed by atoms with Gasteiger partial charge in [0.2, 0.25) is 0 Å². The zero-order chi connectivity index (χ0) is 16.9. The molecule has 1 saturated heterocycles. The van der Waals surface area contributed by atoms with Gasteiger partial charge in [0.15, 0.2) is 0 Å². The molecule has 0 spiro atoms. The van der Waals surface area contributed by atoms with Gasteiger partial charge in [0.05, 0.1) is 5.56 Å². The largest absolute Gasteiger partial charge is 0.416 e. The summed E-state index contributed by atoms with van der Waals surface area (Å²) < 4.78 is 46.1. The Bertz CT molecular complexity index is 735. The number of rotatable bonds is 2. The number of nitrogens with zero attached hydrogens (tertiary/aromatic N) is 2. The molecule has 2 atom stereocenters. The molecular weight excluding hydrogens is 321 g/mol. The lowest BCUT2D eigenvalue weighted by Crippen LogP contribution is -2.58. The number of aromatic nitrogens is 3. The minimum atomic E-state index is -4.43. The summed E-state index contributed by atoms with van der Waals surface area (Å²) in [5.41, 5.74) is -0.233. The minimum Gasteiger partial charge on any atom is -0.373 e. The van der Waals surface area contributed by atoms with Crippen LogP contribution in [0.4, 0.5) is 13.2 Å². The highest BCUT2D eigenvalue weighted by Gasteiger charge is 2.53. The fourth-order valence-electron chi connectivity index (χ4n) is 4.61. The van der Waals surface area contributed by atoms with Crippen molar-refractivity contribution in [1.29, 1.82) is 0 Å². The van der Waals surface area contributed by atoms with E-state index in [9.17, 15) is 13.2 Å². The molecule has 0 radical (unpaired) electrons. The van der Waals surface area contributed by atoms with Crippen molar-refractivity contribution in [3.05, 3.63) is 23.3 Å². The van der Waals surface area contributed by atoms with Crippen molar-refractivity contribution in [3.8, 4) is 0 Å². The van der Waals surface area contributed by atoms with Crippen LogP contribution in [0.15, 0.2) is 12.1 Å². The van der Waals surface area contributed by atoms with E-state index in [1.165, 1.54) is 6.07 Å². The predicted molar refractivity (Wildman–Crippen MR) is 81.3 cm³/mol. The zero-order valence-electron chi connectivity index (χ0n) is 13.3. The summed E-state index contributed by atoms with van der Waals surface area (Å²) in [6.45, 7) is 1.47. The first kappa shape index (κ1) is 15.8. The van der Waals surface area contributed by atoms with Crippen molar-refractivity contribution in [2.75, 3.05) is 20.2 Å². The van der Waals surface area contributed by atoms with E-state index >= 15 is 0 Å². The molecule has 1 aromatic carbocycles. The number of H-pyrrole nitrogens is 1. The lowest BCUT2D eigenvalue weighted by Gasteiger charge is -2.52. The molecule has 1 aliphatic carbocycles. The maximum atomic E-state index is 13.4. The van der Waals surface area contributed by atoms with Gasteiger partial charge in [-0.2, -0.15) is 28.6 Å². The SMILES string of the molecule is COC1(c2cc(C(F)(F)F)cc3n[nH]nc23)C2CCCC1CNC2. The number of benzene rings is 1. The van der Waals surface area contributed by atoms with Gasteiger partial charge in [-0.05, 0) is 25.0 Å². The van der Waals surface area contributed by atoms with Crippen LogP contribution in [-0.4, -0.2) is 35.6 Å². The molecule has 4 rings (SSSR count). The summed E-state index contributed by atoms with van der Waals surface area (Å²) in [4.78, 5) is 0. The lowest BCUT2D eigenvalue weighted by atomic mass is 9.62. The van der Waals surface area contributed by atoms with Gasteiger partial charge < -0.3 is 10.1 Å². The lowest BCUT2D eigenvalue weighted by molar-refractivity contribution is -0.146. The van der Waals surface area contributed by atoms with Crippen LogP contribution in [0.1, 0.15) is 30.4 Å².